The summed E-state index contributed by atoms with van der Waals surface area (Å²) >= 11 is 0. The van der Waals surface area contributed by atoms with E-state index in [0.717, 1.165) is 6.07 Å². The Hall–Kier alpha value is -2.31. The van der Waals surface area contributed by atoms with Gasteiger partial charge in [0.15, 0.2) is 11.6 Å². The lowest BCUT2D eigenvalue weighted by atomic mass is 9.85. The lowest BCUT2D eigenvalue weighted by Gasteiger charge is -2.20. The number of alkyl halides is 3. The van der Waals surface area contributed by atoms with Crippen LogP contribution in [0.25, 0.3) is 0 Å². The Morgan fingerprint density at radius 1 is 1.22 bits per heavy atom. The van der Waals surface area contributed by atoms with Crippen molar-refractivity contribution in [2.45, 2.75) is 32.4 Å². The summed E-state index contributed by atoms with van der Waals surface area (Å²) in [6.45, 7) is 1.78. The van der Waals surface area contributed by atoms with E-state index >= 15 is 0 Å². The molecule has 0 saturated carbocycles. The SMILES string of the molecule is CC1CC(=O)C(CC(=O)c2cc(O)cc(C(F)(F)F)c2)=C(O)C1. The number of hydrogen-bond donors (Lipinski definition) is 2. The highest BCUT2D eigenvalue weighted by Crippen LogP contribution is 2.33. The van der Waals surface area contributed by atoms with Gasteiger partial charge in [-0.25, -0.2) is 0 Å². The van der Waals surface area contributed by atoms with Gasteiger partial charge in [-0.1, -0.05) is 6.92 Å². The Morgan fingerprint density at radius 3 is 2.43 bits per heavy atom. The molecule has 124 valence electrons. The first-order chi connectivity index (χ1) is 10.6. The maximum absolute atomic E-state index is 12.7. The molecule has 1 aromatic rings. The maximum Gasteiger partial charge on any atom is 0.416 e. The maximum atomic E-state index is 12.7. The van der Waals surface area contributed by atoms with E-state index in [-0.39, 0.29) is 41.4 Å². The number of ketones is 2. The molecule has 1 atom stereocenters. The number of Topliss-reactive ketones (excluding diaryl/α,β-unsaturated/α-hetero) is 2. The summed E-state index contributed by atoms with van der Waals surface area (Å²) in [5.74, 6) is -2.08. The summed E-state index contributed by atoms with van der Waals surface area (Å²) in [6, 6.07) is 2.04. The molecule has 1 unspecified atom stereocenters. The van der Waals surface area contributed by atoms with Gasteiger partial charge in [-0.05, 0) is 24.1 Å². The predicted molar refractivity (Wildman–Crippen MR) is 75.1 cm³/mol. The molecule has 0 heterocycles. The first-order valence-corrected chi connectivity index (χ1v) is 6.96. The minimum Gasteiger partial charge on any atom is -0.512 e. The third-order valence-electron chi connectivity index (χ3n) is 3.67. The van der Waals surface area contributed by atoms with Crippen LogP contribution < -0.4 is 0 Å². The Morgan fingerprint density at radius 2 is 1.87 bits per heavy atom. The number of hydrogen-bond acceptors (Lipinski definition) is 4. The van der Waals surface area contributed by atoms with Gasteiger partial charge < -0.3 is 10.2 Å². The third-order valence-corrected chi connectivity index (χ3v) is 3.67. The molecular weight excluding hydrogens is 313 g/mol. The predicted octanol–water partition coefficient (Wildman–Crippen LogP) is 3.79. The fraction of sp³-hybridized carbons (Fsp3) is 0.375. The second kappa shape index (κ2) is 6.06. The summed E-state index contributed by atoms with van der Waals surface area (Å²) in [4.78, 5) is 24.0. The lowest BCUT2D eigenvalue weighted by molar-refractivity contribution is -0.137. The van der Waals surface area contributed by atoms with Crippen molar-refractivity contribution in [2.75, 3.05) is 0 Å². The van der Waals surface area contributed by atoms with E-state index in [1.165, 1.54) is 0 Å². The molecule has 0 aromatic heterocycles. The van der Waals surface area contributed by atoms with Crippen molar-refractivity contribution in [2.24, 2.45) is 5.92 Å². The van der Waals surface area contributed by atoms with Crippen LogP contribution in [0.4, 0.5) is 13.2 Å². The molecule has 0 bridgehead atoms. The third kappa shape index (κ3) is 3.91. The van der Waals surface area contributed by atoms with E-state index in [2.05, 4.69) is 0 Å². The van der Waals surface area contributed by atoms with Crippen molar-refractivity contribution in [1.29, 1.82) is 0 Å². The van der Waals surface area contributed by atoms with Crippen molar-refractivity contribution in [3.8, 4) is 5.75 Å². The average Bonchev–Trinajstić information content (AvgIpc) is 2.40. The first-order valence-electron chi connectivity index (χ1n) is 6.96. The molecule has 0 radical (unpaired) electrons. The monoisotopic (exact) mass is 328 g/mol. The van der Waals surface area contributed by atoms with Crippen LogP contribution in [-0.2, 0) is 11.0 Å². The lowest BCUT2D eigenvalue weighted by Crippen LogP contribution is -2.20. The molecule has 0 aliphatic heterocycles. The summed E-state index contributed by atoms with van der Waals surface area (Å²) in [5.41, 5.74) is -1.57. The van der Waals surface area contributed by atoms with Crippen molar-refractivity contribution in [3.63, 3.8) is 0 Å². The smallest absolute Gasteiger partial charge is 0.416 e. The summed E-state index contributed by atoms with van der Waals surface area (Å²) in [6.07, 6.45) is -4.76. The quantitative estimate of drug-likeness (QED) is 0.828. The number of halogens is 3. The number of aliphatic hydroxyl groups is 1. The molecular formula is C16H15F3O4. The van der Waals surface area contributed by atoms with Gasteiger partial charge in [0.05, 0.1) is 11.3 Å². The van der Waals surface area contributed by atoms with Gasteiger partial charge in [-0.3, -0.25) is 9.59 Å². The highest BCUT2D eigenvalue weighted by molar-refractivity contribution is 6.06. The van der Waals surface area contributed by atoms with Crippen LogP contribution in [0.5, 0.6) is 5.75 Å². The van der Waals surface area contributed by atoms with Gasteiger partial charge in [-0.2, -0.15) is 13.2 Å². The minimum absolute atomic E-state index is 0.0426. The molecule has 0 amide bonds. The van der Waals surface area contributed by atoms with Crippen LogP contribution in [0.1, 0.15) is 42.1 Å². The van der Waals surface area contributed by atoms with Crippen molar-refractivity contribution in [1.82, 2.24) is 0 Å². The van der Waals surface area contributed by atoms with Gasteiger partial charge in [-0.15, -0.1) is 0 Å². The molecule has 0 fully saturated rings. The largest absolute Gasteiger partial charge is 0.512 e. The van der Waals surface area contributed by atoms with E-state index in [4.69, 9.17) is 0 Å². The van der Waals surface area contributed by atoms with Gasteiger partial charge in [0, 0.05) is 30.4 Å². The van der Waals surface area contributed by atoms with Crippen LogP contribution in [0, 0.1) is 5.92 Å². The fourth-order valence-electron chi connectivity index (χ4n) is 2.53. The van der Waals surface area contributed by atoms with Crippen molar-refractivity contribution >= 4 is 11.6 Å². The Bertz CT molecular complexity index is 689. The number of allylic oxidation sites excluding steroid dienone is 2. The van der Waals surface area contributed by atoms with Gasteiger partial charge in [0.25, 0.3) is 0 Å². The number of rotatable bonds is 3. The molecule has 1 aliphatic rings. The van der Waals surface area contributed by atoms with E-state index < -0.39 is 29.7 Å². The zero-order valence-electron chi connectivity index (χ0n) is 12.3. The molecule has 0 spiro atoms. The normalized spacial score (nSPS) is 19.1. The average molecular weight is 328 g/mol. The second-order valence-electron chi connectivity index (χ2n) is 5.73. The van der Waals surface area contributed by atoms with Crippen LogP contribution in [-0.4, -0.2) is 21.8 Å². The number of aromatic hydroxyl groups is 1. The number of phenols is 1. The zero-order chi connectivity index (χ0) is 17.4. The molecule has 23 heavy (non-hydrogen) atoms. The Labute approximate surface area is 130 Å². The van der Waals surface area contributed by atoms with Crippen LogP contribution in [0.2, 0.25) is 0 Å². The number of aliphatic hydroxyl groups excluding tert-OH is 1. The Kier molecular flexibility index (Phi) is 4.49. The topological polar surface area (TPSA) is 74.6 Å². The minimum atomic E-state index is -4.70. The van der Waals surface area contributed by atoms with Crippen LogP contribution >= 0.6 is 0 Å². The van der Waals surface area contributed by atoms with Gasteiger partial charge in [0.1, 0.15) is 5.75 Å². The highest BCUT2D eigenvalue weighted by atomic mass is 19.4. The van der Waals surface area contributed by atoms with Gasteiger partial charge in [0.2, 0.25) is 0 Å². The number of phenolic OH excluding ortho intramolecular Hbond substituents is 1. The first kappa shape index (κ1) is 17.1. The number of carbonyl (C=O) groups is 2. The molecule has 0 saturated heterocycles. The summed E-state index contributed by atoms with van der Waals surface area (Å²) in [5, 5.41) is 19.2. The highest BCUT2D eigenvalue weighted by Gasteiger charge is 2.32. The number of benzene rings is 1. The molecule has 7 heteroatoms. The van der Waals surface area contributed by atoms with Crippen molar-refractivity contribution < 1.29 is 33.0 Å². The molecule has 4 nitrogen and oxygen atoms in total. The molecule has 2 N–H and O–H groups in total. The fourth-order valence-corrected chi connectivity index (χ4v) is 2.53. The summed E-state index contributed by atoms with van der Waals surface area (Å²) in [7, 11) is 0. The van der Waals surface area contributed by atoms with E-state index in [1.807, 2.05) is 0 Å². The Balaban J connectivity index is 2.30. The van der Waals surface area contributed by atoms with Crippen molar-refractivity contribution in [3.05, 3.63) is 40.7 Å². The summed E-state index contributed by atoms with van der Waals surface area (Å²) < 4.78 is 38.1. The van der Waals surface area contributed by atoms with E-state index in [9.17, 15) is 33.0 Å². The van der Waals surface area contributed by atoms with E-state index in [1.54, 1.807) is 6.92 Å². The van der Waals surface area contributed by atoms with E-state index in [0.29, 0.717) is 12.1 Å². The van der Waals surface area contributed by atoms with Crippen LogP contribution in [0.15, 0.2) is 29.5 Å². The second-order valence-corrected chi connectivity index (χ2v) is 5.73. The molecule has 1 aliphatic carbocycles. The van der Waals surface area contributed by atoms with Crippen LogP contribution in [0.3, 0.4) is 0 Å². The zero-order valence-corrected chi connectivity index (χ0v) is 12.3. The standard InChI is InChI=1S/C16H15F3O4/c1-8-2-14(22)12(15(23)3-8)7-13(21)9-4-10(16(17,18)19)6-11(20)5-9/h4-6,8,20,22H,2-3,7H2,1H3. The number of carbonyl (C=O) groups excluding carboxylic acids is 2. The molecule has 1 aromatic carbocycles. The van der Waals surface area contributed by atoms with Gasteiger partial charge >= 0.3 is 6.18 Å². The molecule has 2 rings (SSSR count).